The average Bonchev–Trinajstić information content (AvgIpc) is 2.37. The summed E-state index contributed by atoms with van der Waals surface area (Å²) >= 11 is 3.40. The smallest absolute Gasteiger partial charge is 0.0518 e. The molecule has 62 valence electrons. The van der Waals surface area contributed by atoms with Crippen molar-refractivity contribution in [2.24, 2.45) is 0 Å². The number of hydrogen-bond acceptors (Lipinski definition) is 1. The van der Waals surface area contributed by atoms with E-state index in [0.29, 0.717) is 0 Å². The minimum atomic E-state index is 1.04. The van der Waals surface area contributed by atoms with Crippen LogP contribution >= 0.6 is 15.9 Å². The molecule has 0 aliphatic heterocycles. The lowest BCUT2D eigenvalue weighted by Gasteiger charge is -1.97. The average molecular weight is 217 g/mol. The summed E-state index contributed by atoms with van der Waals surface area (Å²) in [7, 11) is 0. The highest BCUT2D eigenvalue weighted by Gasteiger charge is 1.92. The van der Waals surface area contributed by atoms with Crippen LogP contribution in [0.5, 0.6) is 0 Å². The fraction of sp³-hybridized carbons (Fsp3) is 0.625. The van der Waals surface area contributed by atoms with Crippen molar-refractivity contribution in [3.05, 3.63) is 18.0 Å². The first kappa shape index (κ1) is 8.78. The second kappa shape index (κ2) is 4.54. The third-order valence-corrected chi connectivity index (χ3v) is 2.09. The van der Waals surface area contributed by atoms with Crippen molar-refractivity contribution < 1.29 is 0 Å². The van der Waals surface area contributed by atoms with Crippen molar-refractivity contribution in [2.75, 3.05) is 5.33 Å². The molecule has 0 unspecified atom stereocenters. The Morgan fingerprint density at radius 2 is 2.36 bits per heavy atom. The topological polar surface area (TPSA) is 17.8 Å². The van der Waals surface area contributed by atoms with Gasteiger partial charge in [0.05, 0.1) is 6.20 Å². The maximum absolute atomic E-state index is 4.19. The van der Waals surface area contributed by atoms with Gasteiger partial charge in [0.15, 0.2) is 0 Å². The molecule has 0 bridgehead atoms. The number of nitrogens with zero attached hydrogens (tertiary/aromatic N) is 2. The third kappa shape index (κ3) is 3.06. The molecule has 1 aromatic heterocycles. The molecular weight excluding hydrogens is 204 g/mol. The van der Waals surface area contributed by atoms with Crippen LogP contribution in [-0.4, -0.2) is 15.1 Å². The van der Waals surface area contributed by atoms with E-state index in [4.69, 9.17) is 0 Å². The molecule has 0 atom stereocenters. The van der Waals surface area contributed by atoms with E-state index < -0.39 is 0 Å². The standard InChI is InChI=1S/C8H13BrN2/c1-8-6-10-11(7-8)5-3-2-4-9/h6-7H,2-5H2,1H3. The monoisotopic (exact) mass is 216 g/mol. The van der Waals surface area contributed by atoms with Gasteiger partial charge in [-0.05, 0) is 25.3 Å². The van der Waals surface area contributed by atoms with Gasteiger partial charge in [-0.25, -0.2) is 0 Å². The van der Waals surface area contributed by atoms with Crippen molar-refractivity contribution in [3.8, 4) is 0 Å². The van der Waals surface area contributed by atoms with Crippen LogP contribution in [-0.2, 0) is 6.54 Å². The van der Waals surface area contributed by atoms with E-state index in [2.05, 4.69) is 34.1 Å². The second-order valence-electron chi connectivity index (χ2n) is 2.68. The fourth-order valence-corrected chi connectivity index (χ4v) is 1.35. The quantitative estimate of drug-likeness (QED) is 0.559. The number of alkyl halides is 1. The first-order valence-electron chi connectivity index (χ1n) is 3.88. The zero-order valence-electron chi connectivity index (χ0n) is 6.76. The van der Waals surface area contributed by atoms with Crippen molar-refractivity contribution in [1.82, 2.24) is 9.78 Å². The predicted octanol–water partition coefficient (Wildman–Crippen LogP) is 2.37. The molecule has 1 rings (SSSR count). The summed E-state index contributed by atoms with van der Waals surface area (Å²) in [5, 5.41) is 5.28. The van der Waals surface area contributed by atoms with E-state index in [1.165, 1.54) is 18.4 Å². The highest BCUT2D eigenvalue weighted by Crippen LogP contribution is 1.99. The lowest BCUT2D eigenvalue weighted by molar-refractivity contribution is 0.574. The van der Waals surface area contributed by atoms with E-state index in [1.54, 1.807) is 0 Å². The molecule has 3 heteroatoms. The zero-order valence-corrected chi connectivity index (χ0v) is 8.34. The number of aromatic nitrogens is 2. The Balaban J connectivity index is 2.27. The Morgan fingerprint density at radius 1 is 1.55 bits per heavy atom. The molecule has 0 aliphatic carbocycles. The van der Waals surface area contributed by atoms with Gasteiger partial charge in [0, 0.05) is 18.1 Å². The summed E-state index contributed by atoms with van der Waals surface area (Å²) in [6, 6.07) is 0. The van der Waals surface area contributed by atoms with Crippen molar-refractivity contribution in [3.63, 3.8) is 0 Å². The van der Waals surface area contributed by atoms with E-state index >= 15 is 0 Å². The van der Waals surface area contributed by atoms with Gasteiger partial charge in [-0.15, -0.1) is 0 Å². The van der Waals surface area contributed by atoms with Crippen LogP contribution in [0.3, 0.4) is 0 Å². The number of aryl methyl sites for hydroxylation is 2. The van der Waals surface area contributed by atoms with Gasteiger partial charge >= 0.3 is 0 Å². The van der Waals surface area contributed by atoms with Gasteiger partial charge in [0.2, 0.25) is 0 Å². The molecular formula is C8H13BrN2. The van der Waals surface area contributed by atoms with E-state index in [9.17, 15) is 0 Å². The van der Waals surface area contributed by atoms with Crippen LogP contribution in [0.15, 0.2) is 12.4 Å². The lowest BCUT2D eigenvalue weighted by atomic mass is 10.3. The normalized spacial score (nSPS) is 10.4. The maximum atomic E-state index is 4.19. The molecule has 0 saturated carbocycles. The summed E-state index contributed by atoms with van der Waals surface area (Å²) in [4.78, 5) is 0. The SMILES string of the molecule is Cc1cnn(CCCCBr)c1. The predicted molar refractivity (Wildman–Crippen MR) is 50.0 cm³/mol. The third-order valence-electron chi connectivity index (χ3n) is 1.53. The lowest BCUT2D eigenvalue weighted by Crippen LogP contribution is -1.97. The highest BCUT2D eigenvalue weighted by atomic mass is 79.9. The molecule has 0 aliphatic rings. The van der Waals surface area contributed by atoms with Crippen LogP contribution in [0.25, 0.3) is 0 Å². The molecule has 0 fully saturated rings. The Hall–Kier alpha value is -0.310. The van der Waals surface area contributed by atoms with Crippen molar-refractivity contribution in [1.29, 1.82) is 0 Å². The minimum absolute atomic E-state index is 1.04. The first-order valence-corrected chi connectivity index (χ1v) is 5.00. The molecule has 1 heterocycles. The van der Waals surface area contributed by atoms with Gasteiger partial charge in [-0.3, -0.25) is 4.68 Å². The van der Waals surface area contributed by atoms with Crippen LogP contribution in [0, 0.1) is 6.92 Å². The Morgan fingerprint density at radius 3 is 2.91 bits per heavy atom. The second-order valence-corrected chi connectivity index (χ2v) is 3.47. The number of hydrogen-bond donors (Lipinski definition) is 0. The van der Waals surface area contributed by atoms with Crippen molar-refractivity contribution in [2.45, 2.75) is 26.3 Å². The number of unbranched alkanes of at least 4 members (excludes halogenated alkanes) is 1. The molecule has 0 spiro atoms. The molecule has 11 heavy (non-hydrogen) atoms. The first-order chi connectivity index (χ1) is 5.33. The highest BCUT2D eigenvalue weighted by molar-refractivity contribution is 9.09. The summed E-state index contributed by atoms with van der Waals surface area (Å²) in [5.41, 5.74) is 1.24. The molecule has 0 saturated heterocycles. The molecule has 0 N–H and O–H groups in total. The fourth-order valence-electron chi connectivity index (χ4n) is 0.958. The molecule has 0 radical (unpaired) electrons. The molecule has 2 nitrogen and oxygen atoms in total. The van der Waals surface area contributed by atoms with Gasteiger partial charge in [-0.1, -0.05) is 15.9 Å². The van der Waals surface area contributed by atoms with E-state index in [1.807, 2.05) is 10.9 Å². The van der Waals surface area contributed by atoms with Crippen LogP contribution in [0.4, 0.5) is 0 Å². The van der Waals surface area contributed by atoms with Crippen LogP contribution < -0.4 is 0 Å². The van der Waals surface area contributed by atoms with Crippen LogP contribution in [0.2, 0.25) is 0 Å². The summed E-state index contributed by atoms with van der Waals surface area (Å²) in [6.07, 6.45) is 6.40. The summed E-state index contributed by atoms with van der Waals surface area (Å²) in [5.74, 6) is 0. The maximum Gasteiger partial charge on any atom is 0.0518 e. The molecule has 1 aromatic rings. The van der Waals surface area contributed by atoms with Gasteiger partial charge in [-0.2, -0.15) is 5.10 Å². The molecule has 0 amide bonds. The zero-order chi connectivity index (χ0) is 8.10. The van der Waals surface area contributed by atoms with Gasteiger partial charge in [0.1, 0.15) is 0 Å². The van der Waals surface area contributed by atoms with Crippen LogP contribution in [0.1, 0.15) is 18.4 Å². The summed E-state index contributed by atoms with van der Waals surface area (Å²) in [6.45, 7) is 3.10. The van der Waals surface area contributed by atoms with Crippen molar-refractivity contribution >= 4 is 15.9 Å². The summed E-state index contributed by atoms with van der Waals surface area (Å²) < 4.78 is 2.00. The number of halogens is 1. The largest absolute Gasteiger partial charge is 0.272 e. The Labute approximate surface area is 75.7 Å². The minimum Gasteiger partial charge on any atom is -0.272 e. The number of rotatable bonds is 4. The van der Waals surface area contributed by atoms with Gasteiger partial charge < -0.3 is 0 Å². The Bertz CT molecular complexity index is 208. The Kier molecular flexibility index (Phi) is 3.63. The van der Waals surface area contributed by atoms with Gasteiger partial charge in [0.25, 0.3) is 0 Å². The van der Waals surface area contributed by atoms with E-state index in [0.717, 1.165) is 11.9 Å². The molecule has 0 aromatic carbocycles. The van der Waals surface area contributed by atoms with E-state index in [-0.39, 0.29) is 0 Å².